The molecule has 2 aromatic rings. The topological polar surface area (TPSA) is 49.9 Å². The number of amides is 2. The number of benzene rings is 2. The summed E-state index contributed by atoms with van der Waals surface area (Å²) >= 11 is 0. The lowest BCUT2D eigenvalue weighted by molar-refractivity contribution is -0.143. The summed E-state index contributed by atoms with van der Waals surface area (Å²) < 4.78 is 127. The number of halogens is 9. The number of nitrogens with zero attached hydrogens (tertiary/aromatic N) is 2. The molecule has 0 saturated heterocycles. The van der Waals surface area contributed by atoms with Gasteiger partial charge in [-0.15, -0.1) is 0 Å². The van der Waals surface area contributed by atoms with Gasteiger partial charge in [-0.3, -0.25) is 9.69 Å². The third-order valence-corrected chi connectivity index (χ3v) is 6.89. The number of carbonyl (C=O) groups is 2. The van der Waals surface area contributed by atoms with Crippen LogP contribution in [0.5, 0.6) is 0 Å². The molecule has 0 saturated carbocycles. The van der Waals surface area contributed by atoms with Crippen LogP contribution in [0.25, 0.3) is 0 Å². The Bertz CT molecular complexity index is 1270. The lowest BCUT2D eigenvalue weighted by Crippen LogP contribution is -2.47. The lowest BCUT2D eigenvalue weighted by Gasteiger charge is -2.42. The molecule has 232 valence electrons. The molecule has 0 aromatic heterocycles. The van der Waals surface area contributed by atoms with Crippen LogP contribution in [0.15, 0.2) is 36.4 Å². The van der Waals surface area contributed by atoms with Crippen LogP contribution in [0.1, 0.15) is 74.3 Å². The summed E-state index contributed by atoms with van der Waals surface area (Å²) in [5.74, 6) is -1.56. The van der Waals surface area contributed by atoms with Crippen LogP contribution in [0.3, 0.4) is 0 Å². The predicted octanol–water partition coefficient (Wildman–Crippen LogP) is 8.41. The highest BCUT2D eigenvalue weighted by Crippen LogP contribution is 2.44. The van der Waals surface area contributed by atoms with Crippen molar-refractivity contribution in [1.82, 2.24) is 4.90 Å². The second-order valence-corrected chi connectivity index (χ2v) is 10.4. The van der Waals surface area contributed by atoms with Gasteiger partial charge in [-0.2, -0.15) is 39.5 Å². The number of rotatable bonds is 6. The Hall–Kier alpha value is -3.45. The molecular formula is C28H29F9N2O3. The number of carbonyl (C=O) groups excluding carboxylic acids is 2. The first-order valence-electron chi connectivity index (χ1n) is 13.0. The minimum Gasteiger partial charge on any atom is -0.446 e. The van der Waals surface area contributed by atoms with E-state index in [1.165, 1.54) is 4.90 Å². The van der Waals surface area contributed by atoms with Crippen molar-refractivity contribution in [3.63, 3.8) is 0 Å². The Labute approximate surface area is 236 Å². The van der Waals surface area contributed by atoms with Crippen LogP contribution < -0.4 is 4.90 Å². The Kier molecular flexibility index (Phi) is 9.48. The molecule has 0 fully saturated rings. The highest BCUT2D eigenvalue weighted by Gasteiger charge is 2.41. The van der Waals surface area contributed by atoms with E-state index < -0.39 is 77.4 Å². The zero-order chi connectivity index (χ0) is 31.8. The van der Waals surface area contributed by atoms with Crippen molar-refractivity contribution in [3.8, 4) is 0 Å². The van der Waals surface area contributed by atoms with E-state index in [4.69, 9.17) is 4.74 Å². The zero-order valence-electron chi connectivity index (χ0n) is 23.0. The number of ether oxygens (including phenoxy) is 1. The molecule has 5 nitrogen and oxygen atoms in total. The monoisotopic (exact) mass is 612 g/mol. The molecule has 0 aliphatic carbocycles. The molecule has 1 aliphatic rings. The maximum Gasteiger partial charge on any atom is 0.416 e. The van der Waals surface area contributed by atoms with E-state index in [2.05, 4.69) is 0 Å². The highest BCUT2D eigenvalue weighted by molar-refractivity contribution is 5.90. The third-order valence-electron chi connectivity index (χ3n) is 6.89. The van der Waals surface area contributed by atoms with Crippen molar-refractivity contribution in [2.75, 3.05) is 11.4 Å². The number of alkyl halides is 9. The fraction of sp³-hybridized carbons (Fsp3) is 0.500. The Morgan fingerprint density at radius 1 is 0.905 bits per heavy atom. The van der Waals surface area contributed by atoms with E-state index in [0.29, 0.717) is 18.6 Å². The summed E-state index contributed by atoms with van der Waals surface area (Å²) in [6, 6.07) is 3.15. The predicted molar refractivity (Wildman–Crippen MR) is 135 cm³/mol. The van der Waals surface area contributed by atoms with Gasteiger partial charge < -0.3 is 9.64 Å². The summed E-state index contributed by atoms with van der Waals surface area (Å²) in [5, 5.41) is 0. The second-order valence-electron chi connectivity index (χ2n) is 10.4. The first kappa shape index (κ1) is 33.1. The van der Waals surface area contributed by atoms with Gasteiger partial charge >= 0.3 is 24.6 Å². The smallest absolute Gasteiger partial charge is 0.416 e. The number of hydrogen-bond donors (Lipinski definition) is 0. The van der Waals surface area contributed by atoms with Crippen molar-refractivity contribution in [1.29, 1.82) is 0 Å². The quantitative estimate of drug-likeness (QED) is 0.308. The average Bonchev–Trinajstić information content (AvgIpc) is 2.85. The van der Waals surface area contributed by atoms with Gasteiger partial charge in [0.25, 0.3) is 0 Å². The SMILES string of the molecule is CC[C@@H]1CC(CN(Cc2cc(C(F)(F)F)cc(C(F)(F)F)c2)C(C)=O)c2cc(C(F)(F)F)ccc2N1C(=O)OC(C)C. The number of anilines is 1. The van der Waals surface area contributed by atoms with Gasteiger partial charge in [-0.05, 0) is 74.2 Å². The van der Waals surface area contributed by atoms with Gasteiger partial charge in [0.05, 0.1) is 28.5 Å². The minimum absolute atomic E-state index is 0.0334. The third kappa shape index (κ3) is 7.68. The summed E-state index contributed by atoms with van der Waals surface area (Å²) in [5.41, 5.74) is -4.44. The van der Waals surface area contributed by atoms with Crippen LogP contribution in [-0.2, 0) is 34.6 Å². The molecule has 1 unspecified atom stereocenters. The summed E-state index contributed by atoms with van der Waals surface area (Å²) in [6.07, 6.45) is -15.9. The molecule has 1 heterocycles. The average molecular weight is 613 g/mol. The molecule has 2 atom stereocenters. The van der Waals surface area contributed by atoms with Gasteiger partial charge in [-0.25, -0.2) is 4.79 Å². The number of fused-ring (bicyclic) bond motifs is 1. The molecule has 0 bridgehead atoms. The van der Waals surface area contributed by atoms with Gasteiger partial charge in [0.1, 0.15) is 0 Å². The Morgan fingerprint density at radius 2 is 1.45 bits per heavy atom. The Balaban J connectivity index is 2.08. The number of hydrogen-bond acceptors (Lipinski definition) is 3. The maximum atomic E-state index is 13.6. The molecular weight excluding hydrogens is 583 g/mol. The van der Waals surface area contributed by atoms with Crippen LogP contribution in [0, 0.1) is 0 Å². The van der Waals surface area contributed by atoms with E-state index in [9.17, 15) is 49.1 Å². The van der Waals surface area contributed by atoms with Gasteiger partial charge in [0.2, 0.25) is 5.91 Å². The van der Waals surface area contributed by atoms with Crippen LogP contribution in [0.4, 0.5) is 50.0 Å². The van der Waals surface area contributed by atoms with E-state index in [0.717, 1.165) is 30.0 Å². The molecule has 0 spiro atoms. The molecule has 1 aliphatic heterocycles. The molecule has 42 heavy (non-hydrogen) atoms. The zero-order valence-corrected chi connectivity index (χ0v) is 23.0. The van der Waals surface area contributed by atoms with E-state index in [-0.39, 0.29) is 30.3 Å². The normalized spacial score (nSPS) is 17.7. The molecule has 3 rings (SSSR count). The first-order chi connectivity index (χ1) is 19.2. The summed E-state index contributed by atoms with van der Waals surface area (Å²) in [6.45, 7) is 4.99. The largest absolute Gasteiger partial charge is 0.446 e. The molecule has 2 aromatic carbocycles. The fourth-order valence-electron chi connectivity index (χ4n) is 4.96. The standard InChI is InChI=1S/C28H29F9N2O3/c1-5-22-10-18(23-12-19(26(29,30)31)6-7-24(23)39(22)25(41)42-15(2)3)14-38(16(4)40)13-17-8-20(27(32,33)34)11-21(9-17)28(35,36)37/h6-9,11-12,15,18,22H,5,10,13-14H2,1-4H3/t18?,22-/m1/s1. The van der Waals surface area contributed by atoms with E-state index in [1.54, 1.807) is 20.8 Å². The first-order valence-corrected chi connectivity index (χ1v) is 13.0. The van der Waals surface area contributed by atoms with E-state index in [1.807, 2.05) is 0 Å². The summed E-state index contributed by atoms with van der Waals surface area (Å²) in [4.78, 5) is 27.8. The second kappa shape index (κ2) is 12.0. The summed E-state index contributed by atoms with van der Waals surface area (Å²) in [7, 11) is 0. The maximum absolute atomic E-state index is 13.6. The van der Waals surface area contributed by atoms with Crippen molar-refractivity contribution in [2.24, 2.45) is 0 Å². The van der Waals surface area contributed by atoms with Crippen LogP contribution in [0.2, 0.25) is 0 Å². The van der Waals surface area contributed by atoms with Crippen molar-refractivity contribution in [3.05, 3.63) is 64.2 Å². The lowest BCUT2D eigenvalue weighted by atomic mass is 9.83. The Morgan fingerprint density at radius 3 is 1.90 bits per heavy atom. The van der Waals surface area contributed by atoms with Crippen molar-refractivity contribution >= 4 is 17.7 Å². The molecule has 0 N–H and O–H groups in total. The highest BCUT2D eigenvalue weighted by atomic mass is 19.4. The molecule has 2 amide bonds. The van der Waals surface area contributed by atoms with Crippen molar-refractivity contribution in [2.45, 2.75) is 83.7 Å². The van der Waals surface area contributed by atoms with Gasteiger partial charge in [0.15, 0.2) is 0 Å². The minimum atomic E-state index is -5.10. The van der Waals surface area contributed by atoms with Gasteiger partial charge in [-0.1, -0.05) is 6.92 Å². The molecule has 14 heteroatoms. The van der Waals surface area contributed by atoms with Crippen LogP contribution in [-0.4, -0.2) is 35.6 Å². The van der Waals surface area contributed by atoms with E-state index >= 15 is 0 Å². The van der Waals surface area contributed by atoms with Crippen LogP contribution >= 0.6 is 0 Å². The van der Waals surface area contributed by atoms with Gasteiger partial charge in [0, 0.05) is 32.0 Å². The van der Waals surface area contributed by atoms with Crippen molar-refractivity contribution < 1.29 is 53.8 Å². The molecule has 0 radical (unpaired) electrons. The fourth-order valence-corrected chi connectivity index (χ4v) is 4.96.